The summed E-state index contributed by atoms with van der Waals surface area (Å²) in [5.41, 5.74) is 2.73. The third-order valence-corrected chi connectivity index (χ3v) is 4.09. The lowest BCUT2D eigenvalue weighted by Gasteiger charge is -2.36. The monoisotopic (exact) mass is 258 g/mol. The lowest BCUT2D eigenvalue weighted by molar-refractivity contribution is 0.301. The second-order valence-corrected chi connectivity index (χ2v) is 5.78. The zero-order valence-electron chi connectivity index (χ0n) is 12.4. The van der Waals surface area contributed by atoms with Gasteiger partial charge < -0.3 is 5.32 Å². The van der Waals surface area contributed by atoms with Crippen molar-refractivity contribution in [3.05, 3.63) is 35.9 Å². The van der Waals surface area contributed by atoms with Crippen molar-refractivity contribution in [2.24, 2.45) is 4.99 Å². The third-order valence-electron chi connectivity index (χ3n) is 4.09. The van der Waals surface area contributed by atoms with Crippen molar-refractivity contribution >= 4 is 5.71 Å². The number of nitrogens with zero attached hydrogens (tertiary/aromatic N) is 1. The van der Waals surface area contributed by atoms with Gasteiger partial charge in [-0.25, -0.2) is 0 Å². The highest BCUT2D eigenvalue weighted by molar-refractivity contribution is 5.84. The van der Waals surface area contributed by atoms with Gasteiger partial charge in [-0.3, -0.25) is 4.99 Å². The summed E-state index contributed by atoms with van der Waals surface area (Å²) in [6.45, 7) is 7.44. The van der Waals surface area contributed by atoms with E-state index >= 15 is 0 Å². The summed E-state index contributed by atoms with van der Waals surface area (Å²) >= 11 is 0. The first-order chi connectivity index (χ1) is 9.19. The quantitative estimate of drug-likeness (QED) is 0.772. The fraction of sp³-hybridized carbons (Fsp3) is 0.588. The van der Waals surface area contributed by atoms with Crippen molar-refractivity contribution in [3.8, 4) is 0 Å². The molecule has 0 aromatic heterocycles. The van der Waals surface area contributed by atoms with Gasteiger partial charge in [0.2, 0.25) is 0 Å². The molecule has 0 bridgehead atoms. The van der Waals surface area contributed by atoms with Crippen LogP contribution in [0.15, 0.2) is 35.3 Å². The SMILES string of the molecule is CCC(C)N=C(C)CNC1CC(c2ccccc2)C1. The first-order valence-corrected chi connectivity index (χ1v) is 7.50. The molecule has 0 amide bonds. The van der Waals surface area contributed by atoms with Crippen molar-refractivity contribution in [2.75, 3.05) is 6.54 Å². The third kappa shape index (κ3) is 4.17. The van der Waals surface area contributed by atoms with Crippen molar-refractivity contribution in [1.82, 2.24) is 5.32 Å². The van der Waals surface area contributed by atoms with Gasteiger partial charge in [0.1, 0.15) is 0 Å². The Bertz CT molecular complexity index is 405. The summed E-state index contributed by atoms with van der Waals surface area (Å²) in [5, 5.41) is 3.62. The fourth-order valence-electron chi connectivity index (χ4n) is 2.59. The first kappa shape index (κ1) is 14.3. The lowest BCUT2D eigenvalue weighted by atomic mass is 9.76. The number of rotatable bonds is 6. The van der Waals surface area contributed by atoms with Crippen LogP contribution in [0.2, 0.25) is 0 Å². The number of hydrogen-bond acceptors (Lipinski definition) is 2. The number of hydrogen-bond donors (Lipinski definition) is 1. The molecule has 2 nitrogen and oxygen atoms in total. The van der Waals surface area contributed by atoms with Gasteiger partial charge in [0, 0.05) is 24.3 Å². The van der Waals surface area contributed by atoms with E-state index < -0.39 is 0 Å². The molecule has 1 atom stereocenters. The van der Waals surface area contributed by atoms with Crippen molar-refractivity contribution in [3.63, 3.8) is 0 Å². The maximum atomic E-state index is 4.66. The Morgan fingerprint density at radius 3 is 2.63 bits per heavy atom. The molecular formula is C17H26N2. The molecule has 104 valence electrons. The zero-order valence-corrected chi connectivity index (χ0v) is 12.4. The van der Waals surface area contributed by atoms with Gasteiger partial charge >= 0.3 is 0 Å². The largest absolute Gasteiger partial charge is 0.309 e. The average molecular weight is 258 g/mol. The Hall–Kier alpha value is -1.15. The van der Waals surface area contributed by atoms with Crippen molar-refractivity contribution in [2.45, 2.75) is 58.0 Å². The van der Waals surface area contributed by atoms with E-state index in [4.69, 9.17) is 0 Å². The molecule has 19 heavy (non-hydrogen) atoms. The van der Waals surface area contributed by atoms with Gasteiger partial charge in [-0.2, -0.15) is 0 Å². The fourth-order valence-corrected chi connectivity index (χ4v) is 2.59. The molecule has 1 aromatic rings. The van der Waals surface area contributed by atoms with Crippen LogP contribution in [0.4, 0.5) is 0 Å². The summed E-state index contributed by atoms with van der Waals surface area (Å²) in [6, 6.07) is 12.0. The lowest BCUT2D eigenvalue weighted by Crippen LogP contribution is -2.42. The summed E-state index contributed by atoms with van der Waals surface area (Å²) < 4.78 is 0. The van der Waals surface area contributed by atoms with E-state index in [0.717, 1.165) is 18.9 Å². The predicted molar refractivity (Wildman–Crippen MR) is 83.1 cm³/mol. The molecule has 0 heterocycles. The van der Waals surface area contributed by atoms with Crippen LogP contribution < -0.4 is 5.32 Å². The van der Waals surface area contributed by atoms with Crippen LogP contribution in [0.5, 0.6) is 0 Å². The van der Waals surface area contributed by atoms with Crippen LogP contribution in [0.3, 0.4) is 0 Å². The van der Waals surface area contributed by atoms with Crippen LogP contribution in [-0.2, 0) is 0 Å². The molecule has 0 radical (unpaired) electrons. The van der Waals surface area contributed by atoms with E-state index in [9.17, 15) is 0 Å². The van der Waals surface area contributed by atoms with Gasteiger partial charge in [0.05, 0.1) is 0 Å². The Balaban J connectivity index is 1.70. The molecule has 1 aromatic carbocycles. The van der Waals surface area contributed by atoms with Crippen LogP contribution in [0, 0.1) is 0 Å². The smallest absolute Gasteiger partial charge is 0.0468 e. The molecule has 1 unspecified atom stereocenters. The topological polar surface area (TPSA) is 24.4 Å². The predicted octanol–water partition coefficient (Wildman–Crippen LogP) is 3.78. The van der Waals surface area contributed by atoms with Crippen LogP contribution >= 0.6 is 0 Å². The first-order valence-electron chi connectivity index (χ1n) is 7.50. The van der Waals surface area contributed by atoms with Crippen LogP contribution in [0.1, 0.15) is 51.5 Å². The molecular weight excluding hydrogens is 232 g/mol. The second kappa shape index (κ2) is 6.85. The molecule has 2 heteroatoms. The van der Waals surface area contributed by atoms with Crippen molar-refractivity contribution < 1.29 is 0 Å². The highest BCUT2D eigenvalue weighted by Gasteiger charge is 2.29. The Morgan fingerprint density at radius 2 is 2.00 bits per heavy atom. The highest BCUT2D eigenvalue weighted by Crippen LogP contribution is 2.36. The molecule has 0 saturated heterocycles. The van der Waals surface area contributed by atoms with Gasteiger partial charge in [0.15, 0.2) is 0 Å². The minimum atomic E-state index is 0.459. The van der Waals surface area contributed by atoms with Crippen LogP contribution in [-0.4, -0.2) is 24.3 Å². The molecule has 1 saturated carbocycles. The van der Waals surface area contributed by atoms with Gasteiger partial charge in [-0.05, 0) is 44.6 Å². The maximum absolute atomic E-state index is 4.66. The summed E-state index contributed by atoms with van der Waals surface area (Å²) in [4.78, 5) is 4.66. The Morgan fingerprint density at radius 1 is 1.32 bits per heavy atom. The standard InChI is InChI=1S/C17H26N2/c1-4-13(2)19-14(3)12-18-17-10-16(11-17)15-8-6-5-7-9-15/h5-9,13,16-18H,4,10-12H2,1-3H3. The summed E-state index contributed by atoms with van der Waals surface area (Å²) in [7, 11) is 0. The van der Waals surface area contributed by atoms with Gasteiger partial charge in [0.25, 0.3) is 0 Å². The minimum absolute atomic E-state index is 0.459. The normalized spacial score (nSPS) is 24.9. The molecule has 1 aliphatic carbocycles. The summed E-state index contributed by atoms with van der Waals surface area (Å²) in [5.74, 6) is 0.755. The maximum Gasteiger partial charge on any atom is 0.0468 e. The van der Waals surface area contributed by atoms with E-state index in [-0.39, 0.29) is 0 Å². The van der Waals surface area contributed by atoms with E-state index in [2.05, 4.69) is 61.4 Å². The van der Waals surface area contributed by atoms with E-state index in [1.54, 1.807) is 0 Å². The van der Waals surface area contributed by atoms with Gasteiger partial charge in [-0.1, -0.05) is 37.3 Å². The second-order valence-electron chi connectivity index (χ2n) is 5.78. The highest BCUT2D eigenvalue weighted by atomic mass is 14.9. The Kier molecular flexibility index (Phi) is 5.15. The zero-order chi connectivity index (χ0) is 13.7. The number of aliphatic imine (C=N–C) groups is 1. The average Bonchev–Trinajstić information content (AvgIpc) is 2.38. The molecule has 2 rings (SSSR count). The molecule has 1 fully saturated rings. The van der Waals surface area contributed by atoms with Gasteiger partial charge in [-0.15, -0.1) is 0 Å². The number of nitrogens with one attached hydrogen (secondary N) is 1. The van der Waals surface area contributed by atoms with Crippen LogP contribution in [0.25, 0.3) is 0 Å². The molecule has 1 aliphatic rings. The Labute approximate surface area is 117 Å². The molecule has 0 aliphatic heterocycles. The summed E-state index contributed by atoms with van der Waals surface area (Å²) in [6.07, 6.45) is 3.65. The molecule has 0 spiro atoms. The van der Waals surface area contributed by atoms with E-state index in [0.29, 0.717) is 12.1 Å². The van der Waals surface area contributed by atoms with E-state index in [1.807, 2.05) is 0 Å². The van der Waals surface area contributed by atoms with E-state index in [1.165, 1.54) is 24.1 Å². The molecule has 1 N–H and O–H groups in total. The minimum Gasteiger partial charge on any atom is -0.309 e. The van der Waals surface area contributed by atoms with Crippen molar-refractivity contribution in [1.29, 1.82) is 0 Å². The number of benzene rings is 1.